The zero-order valence-electron chi connectivity index (χ0n) is 18.5. The molecule has 5 nitrogen and oxygen atoms in total. The molecule has 1 aliphatic heterocycles. The first-order valence-electron chi connectivity index (χ1n) is 11.2. The predicted octanol–water partition coefficient (Wildman–Crippen LogP) is 4.46. The summed E-state index contributed by atoms with van der Waals surface area (Å²) in [5, 5.41) is 3.21. The summed E-state index contributed by atoms with van der Waals surface area (Å²) in [6.07, 6.45) is 6.59. The third-order valence-corrected chi connectivity index (χ3v) is 6.31. The van der Waals surface area contributed by atoms with Crippen molar-refractivity contribution in [3.63, 3.8) is 0 Å². The normalized spacial score (nSPS) is 15.2. The molecule has 1 amide bonds. The minimum absolute atomic E-state index is 0.121. The molecule has 5 heteroatoms. The number of hydrogen-bond acceptors (Lipinski definition) is 4. The molecule has 0 bridgehead atoms. The highest BCUT2D eigenvalue weighted by Gasteiger charge is 2.40. The maximum atomic E-state index is 13.5. The Balaban J connectivity index is 1.48. The number of carbonyl (C=O) groups is 1. The average molecular weight is 431 g/mol. The van der Waals surface area contributed by atoms with Crippen molar-refractivity contribution in [2.45, 2.75) is 25.7 Å². The number of hydrogen-bond donors (Lipinski definition) is 1. The van der Waals surface area contributed by atoms with Crippen LogP contribution in [0.2, 0.25) is 0 Å². The summed E-state index contributed by atoms with van der Waals surface area (Å²) in [6.45, 7) is 1.83. The fourth-order valence-corrected chi connectivity index (χ4v) is 4.39. The topological polar surface area (TPSA) is 60.5 Å². The number of methoxy groups -OCH3 is 1. The average Bonchev–Trinajstić information content (AvgIpc) is 2.86. The second-order valence-corrected chi connectivity index (χ2v) is 8.32. The Kier molecular flexibility index (Phi) is 7.17. The van der Waals surface area contributed by atoms with Gasteiger partial charge in [-0.25, -0.2) is 0 Å². The van der Waals surface area contributed by atoms with E-state index in [1.807, 2.05) is 48.7 Å². The van der Waals surface area contributed by atoms with Crippen molar-refractivity contribution in [1.29, 1.82) is 0 Å². The molecule has 0 aliphatic carbocycles. The molecule has 2 aromatic carbocycles. The summed E-state index contributed by atoms with van der Waals surface area (Å²) in [7, 11) is 1.66. The van der Waals surface area contributed by atoms with Crippen LogP contribution in [0.3, 0.4) is 0 Å². The minimum Gasteiger partial charge on any atom is -0.497 e. The molecule has 2 heterocycles. The number of aromatic nitrogens is 1. The highest BCUT2D eigenvalue weighted by molar-refractivity contribution is 5.83. The lowest BCUT2D eigenvalue weighted by atomic mass is 9.73. The van der Waals surface area contributed by atoms with Crippen molar-refractivity contribution < 1.29 is 14.3 Å². The summed E-state index contributed by atoms with van der Waals surface area (Å²) < 4.78 is 10.8. The Hall–Kier alpha value is -3.18. The molecule has 166 valence electrons. The van der Waals surface area contributed by atoms with Crippen molar-refractivity contribution in [2.24, 2.45) is 5.41 Å². The summed E-state index contributed by atoms with van der Waals surface area (Å²) in [5.41, 5.74) is 4.10. The van der Waals surface area contributed by atoms with Crippen LogP contribution in [-0.4, -0.2) is 37.8 Å². The van der Waals surface area contributed by atoms with Gasteiger partial charge in [-0.05, 0) is 60.6 Å². The zero-order valence-corrected chi connectivity index (χ0v) is 18.5. The fourth-order valence-electron chi connectivity index (χ4n) is 4.39. The van der Waals surface area contributed by atoms with E-state index >= 15 is 0 Å². The number of amides is 1. The van der Waals surface area contributed by atoms with E-state index in [0.29, 0.717) is 26.2 Å². The Labute approximate surface area is 189 Å². The van der Waals surface area contributed by atoms with Gasteiger partial charge in [0.15, 0.2) is 0 Å². The standard InChI is InChI=1S/C27H30N2O3/c1-31-24-10-8-21(9-11-24)12-16-29-26(30)27(13-17-32-18-14-27)19-22-5-2-3-7-25(22)23-6-4-15-28-20-23/h2-11,15,20H,12-14,16-19H2,1H3,(H,29,30). The number of rotatable bonds is 8. The lowest BCUT2D eigenvalue weighted by molar-refractivity contribution is -0.136. The van der Waals surface area contributed by atoms with Crippen LogP contribution in [0.4, 0.5) is 0 Å². The lowest BCUT2D eigenvalue weighted by Crippen LogP contribution is -2.46. The molecular weight excluding hydrogens is 400 g/mol. The van der Waals surface area contributed by atoms with Crippen LogP contribution in [0, 0.1) is 5.41 Å². The molecule has 1 saturated heterocycles. The van der Waals surface area contributed by atoms with E-state index in [0.717, 1.165) is 36.1 Å². The van der Waals surface area contributed by atoms with Gasteiger partial charge in [-0.2, -0.15) is 0 Å². The van der Waals surface area contributed by atoms with Gasteiger partial charge in [0.1, 0.15) is 5.75 Å². The molecule has 0 atom stereocenters. The van der Waals surface area contributed by atoms with Crippen molar-refractivity contribution in [2.75, 3.05) is 26.9 Å². The van der Waals surface area contributed by atoms with E-state index in [9.17, 15) is 4.79 Å². The van der Waals surface area contributed by atoms with E-state index < -0.39 is 5.41 Å². The van der Waals surface area contributed by atoms with Crippen LogP contribution in [0.5, 0.6) is 5.75 Å². The maximum absolute atomic E-state index is 13.5. The van der Waals surface area contributed by atoms with Gasteiger partial charge in [0.2, 0.25) is 5.91 Å². The van der Waals surface area contributed by atoms with Gasteiger partial charge >= 0.3 is 0 Å². The van der Waals surface area contributed by atoms with Crippen LogP contribution >= 0.6 is 0 Å². The van der Waals surface area contributed by atoms with E-state index in [1.165, 1.54) is 11.1 Å². The van der Waals surface area contributed by atoms with Gasteiger partial charge in [0.25, 0.3) is 0 Å². The van der Waals surface area contributed by atoms with E-state index in [-0.39, 0.29) is 5.91 Å². The molecule has 1 aliphatic rings. The number of nitrogens with zero attached hydrogens (tertiary/aromatic N) is 1. The Morgan fingerprint density at radius 2 is 1.84 bits per heavy atom. The zero-order chi connectivity index (χ0) is 22.2. The van der Waals surface area contributed by atoms with Crippen LogP contribution in [0.25, 0.3) is 11.1 Å². The molecule has 1 fully saturated rings. The third kappa shape index (κ3) is 5.17. The first kappa shape index (κ1) is 22.0. The van der Waals surface area contributed by atoms with Gasteiger partial charge in [-0.3, -0.25) is 9.78 Å². The van der Waals surface area contributed by atoms with Gasteiger partial charge in [-0.1, -0.05) is 42.5 Å². The second-order valence-electron chi connectivity index (χ2n) is 8.32. The highest BCUT2D eigenvalue weighted by Crippen LogP contribution is 2.37. The van der Waals surface area contributed by atoms with Crippen molar-refractivity contribution in [1.82, 2.24) is 10.3 Å². The maximum Gasteiger partial charge on any atom is 0.226 e. The minimum atomic E-state index is -0.462. The molecule has 0 spiro atoms. The number of ether oxygens (including phenoxy) is 2. The molecule has 4 rings (SSSR count). The first-order chi connectivity index (χ1) is 15.7. The highest BCUT2D eigenvalue weighted by atomic mass is 16.5. The second kappa shape index (κ2) is 10.4. The smallest absolute Gasteiger partial charge is 0.226 e. The SMILES string of the molecule is COc1ccc(CCNC(=O)C2(Cc3ccccc3-c3cccnc3)CCOCC2)cc1. The summed E-state index contributed by atoms with van der Waals surface area (Å²) in [4.78, 5) is 17.7. The largest absolute Gasteiger partial charge is 0.497 e. The van der Waals surface area contributed by atoms with Gasteiger partial charge in [0, 0.05) is 37.7 Å². The molecular formula is C27H30N2O3. The van der Waals surface area contributed by atoms with E-state index in [4.69, 9.17) is 9.47 Å². The molecule has 0 saturated carbocycles. The molecule has 0 radical (unpaired) electrons. The van der Waals surface area contributed by atoms with Crippen LogP contribution in [0.1, 0.15) is 24.0 Å². The van der Waals surface area contributed by atoms with Gasteiger partial charge < -0.3 is 14.8 Å². The summed E-state index contributed by atoms with van der Waals surface area (Å²) in [5.74, 6) is 0.960. The molecule has 3 aromatic rings. The number of benzene rings is 2. The molecule has 1 N–H and O–H groups in total. The fraction of sp³-hybridized carbons (Fsp3) is 0.333. The monoisotopic (exact) mass is 430 g/mol. The van der Waals surface area contributed by atoms with Crippen molar-refractivity contribution in [3.8, 4) is 16.9 Å². The van der Waals surface area contributed by atoms with Crippen molar-refractivity contribution in [3.05, 3.63) is 84.2 Å². The number of pyridine rings is 1. The van der Waals surface area contributed by atoms with Gasteiger partial charge in [0.05, 0.1) is 12.5 Å². The van der Waals surface area contributed by atoms with E-state index in [1.54, 1.807) is 13.3 Å². The number of carbonyl (C=O) groups excluding carboxylic acids is 1. The summed E-state index contributed by atoms with van der Waals surface area (Å²) in [6, 6.07) is 20.3. The van der Waals surface area contributed by atoms with Crippen LogP contribution < -0.4 is 10.1 Å². The molecule has 1 aromatic heterocycles. The Bertz CT molecular complexity index is 1010. The van der Waals surface area contributed by atoms with Crippen molar-refractivity contribution >= 4 is 5.91 Å². The Morgan fingerprint density at radius 3 is 2.56 bits per heavy atom. The molecule has 32 heavy (non-hydrogen) atoms. The predicted molar refractivity (Wildman–Crippen MR) is 126 cm³/mol. The van der Waals surface area contributed by atoms with E-state index in [2.05, 4.69) is 28.5 Å². The Morgan fingerprint density at radius 1 is 1.06 bits per heavy atom. The summed E-state index contributed by atoms with van der Waals surface area (Å²) >= 11 is 0. The third-order valence-electron chi connectivity index (χ3n) is 6.31. The number of nitrogens with one attached hydrogen (secondary N) is 1. The quantitative estimate of drug-likeness (QED) is 0.573. The van der Waals surface area contributed by atoms with Crippen LogP contribution in [0.15, 0.2) is 73.1 Å². The van der Waals surface area contributed by atoms with Gasteiger partial charge in [-0.15, -0.1) is 0 Å². The first-order valence-corrected chi connectivity index (χ1v) is 11.2. The molecule has 0 unspecified atom stereocenters. The van der Waals surface area contributed by atoms with Crippen LogP contribution in [-0.2, 0) is 22.4 Å². The lowest BCUT2D eigenvalue weighted by Gasteiger charge is -2.36.